The molecule has 1 unspecified atom stereocenters. The van der Waals surface area contributed by atoms with Gasteiger partial charge in [0.1, 0.15) is 11.3 Å². The molecular weight excluding hydrogens is 433 g/mol. The molecule has 2 aromatic carbocycles. The minimum absolute atomic E-state index is 0.244. The Bertz CT molecular complexity index is 1090. The largest absolute Gasteiger partial charge is 0.455 e. The number of alkyl halides is 1. The van der Waals surface area contributed by atoms with Gasteiger partial charge in [0.05, 0.1) is 12.4 Å². The molecule has 1 atom stereocenters. The molecule has 1 aromatic heterocycles. The van der Waals surface area contributed by atoms with E-state index in [0.717, 1.165) is 11.1 Å². The number of rotatable bonds is 8. The number of amides is 1. The molecule has 7 heteroatoms. The predicted molar refractivity (Wildman–Crippen MR) is 122 cm³/mol. The van der Waals surface area contributed by atoms with Crippen molar-refractivity contribution >= 4 is 29.1 Å². The first-order valence-electron chi connectivity index (χ1n) is 10.2. The normalized spacial score (nSPS) is 14.2. The first-order chi connectivity index (χ1) is 15.0. The number of carbonyl (C=O) groups is 1. The Morgan fingerprint density at radius 3 is 2.74 bits per heavy atom. The monoisotopic (exact) mass is 455 g/mol. The number of carbonyl (C=O) groups excluding carboxylic acids is 1. The smallest absolute Gasteiger partial charge is 0.257 e. The van der Waals surface area contributed by atoms with E-state index in [9.17, 15) is 4.79 Å². The number of hydrogen-bond acceptors (Lipinski definition) is 4. The lowest BCUT2D eigenvalue weighted by Gasteiger charge is -2.18. The maximum atomic E-state index is 13.0. The molecule has 4 rings (SSSR count). The summed E-state index contributed by atoms with van der Waals surface area (Å²) in [5.74, 6) is 1.56. The van der Waals surface area contributed by atoms with Crippen molar-refractivity contribution < 1.29 is 9.53 Å². The van der Waals surface area contributed by atoms with Crippen molar-refractivity contribution in [1.29, 1.82) is 0 Å². The van der Waals surface area contributed by atoms with Crippen LogP contribution < -0.4 is 10.1 Å². The Labute approximate surface area is 191 Å². The van der Waals surface area contributed by atoms with Gasteiger partial charge >= 0.3 is 0 Å². The summed E-state index contributed by atoms with van der Waals surface area (Å²) >= 11 is 12.5. The summed E-state index contributed by atoms with van der Waals surface area (Å²) in [6.07, 6.45) is 5.79. The van der Waals surface area contributed by atoms with E-state index in [-0.39, 0.29) is 17.8 Å². The van der Waals surface area contributed by atoms with E-state index in [4.69, 9.17) is 27.9 Å². The molecular formula is C24H23Cl2N3O2. The molecule has 1 aliphatic carbocycles. The van der Waals surface area contributed by atoms with E-state index < -0.39 is 0 Å². The molecule has 1 amide bonds. The highest BCUT2D eigenvalue weighted by Gasteiger charge is 2.24. The van der Waals surface area contributed by atoms with Crippen molar-refractivity contribution in [2.24, 2.45) is 0 Å². The minimum atomic E-state index is -0.322. The molecule has 1 N–H and O–H groups in total. The van der Waals surface area contributed by atoms with Crippen molar-refractivity contribution in [3.05, 3.63) is 82.1 Å². The van der Waals surface area contributed by atoms with Crippen LogP contribution in [0, 0.1) is 6.92 Å². The summed E-state index contributed by atoms with van der Waals surface area (Å²) in [6.45, 7) is 1.98. The van der Waals surface area contributed by atoms with E-state index in [1.54, 1.807) is 0 Å². The van der Waals surface area contributed by atoms with Crippen LogP contribution in [0.5, 0.6) is 11.5 Å². The Hall–Kier alpha value is -2.63. The van der Waals surface area contributed by atoms with Crippen LogP contribution in [-0.2, 0) is 6.42 Å². The fourth-order valence-electron chi connectivity index (χ4n) is 3.43. The van der Waals surface area contributed by atoms with Gasteiger partial charge in [0.15, 0.2) is 5.75 Å². The zero-order valence-corrected chi connectivity index (χ0v) is 18.7. The lowest BCUT2D eigenvalue weighted by atomic mass is 10.0. The molecule has 0 bridgehead atoms. The Balaban J connectivity index is 1.48. The summed E-state index contributed by atoms with van der Waals surface area (Å²) in [4.78, 5) is 13.0. The van der Waals surface area contributed by atoms with Crippen LogP contribution in [0.1, 0.15) is 45.8 Å². The van der Waals surface area contributed by atoms with E-state index in [1.165, 1.54) is 30.8 Å². The minimum Gasteiger partial charge on any atom is -0.455 e. The van der Waals surface area contributed by atoms with Gasteiger partial charge in [0, 0.05) is 16.9 Å². The number of halogens is 2. The van der Waals surface area contributed by atoms with Crippen molar-refractivity contribution in [1.82, 2.24) is 15.5 Å². The number of ether oxygens (including phenoxy) is 1. The molecule has 3 aromatic rings. The molecule has 0 spiro atoms. The van der Waals surface area contributed by atoms with Gasteiger partial charge in [-0.15, -0.1) is 11.6 Å². The van der Waals surface area contributed by atoms with E-state index in [2.05, 4.69) is 21.6 Å². The van der Waals surface area contributed by atoms with E-state index in [0.29, 0.717) is 34.4 Å². The average molecular weight is 456 g/mol. The van der Waals surface area contributed by atoms with Crippen molar-refractivity contribution in [2.45, 2.75) is 38.1 Å². The summed E-state index contributed by atoms with van der Waals surface area (Å²) in [7, 11) is 0. The third kappa shape index (κ3) is 5.54. The Kier molecular flexibility index (Phi) is 6.73. The molecule has 1 saturated carbocycles. The SMILES string of the molecule is Cc1ccc(CC(CCl)NC(=O)c2cnncc2Oc2cccc(C3CC3)c2)c(Cl)c1. The Morgan fingerprint density at radius 2 is 2.00 bits per heavy atom. The Morgan fingerprint density at radius 1 is 1.19 bits per heavy atom. The highest BCUT2D eigenvalue weighted by molar-refractivity contribution is 6.31. The molecule has 1 aliphatic rings. The fourth-order valence-corrected chi connectivity index (χ4v) is 3.93. The summed E-state index contributed by atoms with van der Waals surface area (Å²) in [5.41, 5.74) is 3.56. The standard InChI is InChI=1S/C24H23Cl2N3O2/c1-15-5-6-18(22(26)9-15)10-19(12-25)29-24(30)21-13-27-28-14-23(21)31-20-4-2-3-17(11-20)16-7-8-16/h2-6,9,11,13-14,16,19H,7-8,10,12H2,1H3,(H,29,30). The molecule has 160 valence electrons. The van der Waals surface area contributed by atoms with Crippen molar-refractivity contribution in [3.63, 3.8) is 0 Å². The lowest BCUT2D eigenvalue weighted by Crippen LogP contribution is -2.38. The second kappa shape index (κ2) is 9.67. The highest BCUT2D eigenvalue weighted by atomic mass is 35.5. The summed E-state index contributed by atoms with van der Waals surface area (Å²) < 4.78 is 6.00. The fraction of sp³-hybridized carbons (Fsp3) is 0.292. The van der Waals surface area contributed by atoms with Crippen LogP contribution in [0.15, 0.2) is 54.9 Å². The van der Waals surface area contributed by atoms with Crippen LogP contribution in [0.2, 0.25) is 5.02 Å². The summed E-state index contributed by atoms with van der Waals surface area (Å²) in [6, 6.07) is 13.5. The van der Waals surface area contributed by atoms with Crippen molar-refractivity contribution in [2.75, 3.05) is 5.88 Å². The molecule has 1 fully saturated rings. The lowest BCUT2D eigenvalue weighted by molar-refractivity contribution is 0.0937. The number of nitrogens with zero attached hydrogens (tertiary/aromatic N) is 2. The second-order valence-electron chi connectivity index (χ2n) is 7.84. The van der Waals surface area contributed by atoms with Gasteiger partial charge in [-0.1, -0.05) is 35.9 Å². The van der Waals surface area contributed by atoms with Crippen LogP contribution in [-0.4, -0.2) is 28.0 Å². The van der Waals surface area contributed by atoms with Crippen LogP contribution in [0.4, 0.5) is 0 Å². The molecule has 0 saturated heterocycles. The quantitative estimate of drug-likeness (QED) is 0.443. The van der Waals surface area contributed by atoms with E-state index >= 15 is 0 Å². The number of benzene rings is 2. The van der Waals surface area contributed by atoms with Gasteiger partial charge in [-0.05, 0) is 67.0 Å². The zero-order valence-electron chi connectivity index (χ0n) is 17.1. The first kappa shape index (κ1) is 21.6. The maximum absolute atomic E-state index is 13.0. The third-order valence-electron chi connectivity index (χ3n) is 5.27. The van der Waals surface area contributed by atoms with Gasteiger partial charge in [0.25, 0.3) is 5.91 Å². The van der Waals surface area contributed by atoms with Crippen LogP contribution >= 0.6 is 23.2 Å². The number of hydrogen-bond donors (Lipinski definition) is 1. The van der Waals surface area contributed by atoms with Crippen LogP contribution in [0.3, 0.4) is 0 Å². The summed E-state index contributed by atoms with van der Waals surface area (Å²) in [5, 5.41) is 11.4. The number of nitrogens with one attached hydrogen (secondary N) is 1. The molecule has 1 heterocycles. The molecule has 31 heavy (non-hydrogen) atoms. The van der Waals surface area contributed by atoms with Crippen molar-refractivity contribution in [3.8, 4) is 11.5 Å². The average Bonchev–Trinajstić information content (AvgIpc) is 3.61. The van der Waals surface area contributed by atoms with Gasteiger partial charge < -0.3 is 10.1 Å². The number of aryl methyl sites for hydroxylation is 1. The maximum Gasteiger partial charge on any atom is 0.257 e. The third-order valence-corrected chi connectivity index (χ3v) is 5.99. The first-order valence-corrected chi connectivity index (χ1v) is 11.1. The molecule has 0 radical (unpaired) electrons. The topological polar surface area (TPSA) is 64.1 Å². The van der Waals surface area contributed by atoms with E-state index in [1.807, 2.05) is 43.3 Å². The zero-order chi connectivity index (χ0) is 21.8. The highest BCUT2D eigenvalue weighted by Crippen LogP contribution is 2.41. The van der Waals surface area contributed by atoms with Crippen LogP contribution in [0.25, 0.3) is 0 Å². The predicted octanol–water partition coefficient (Wildman–Crippen LogP) is 5.69. The second-order valence-corrected chi connectivity index (χ2v) is 8.56. The van der Waals surface area contributed by atoms with Gasteiger partial charge in [-0.3, -0.25) is 4.79 Å². The molecule has 0 aliphatic heterocycles. The number of aromatic nitrogens is 2. The van der Waals surface area contributed by atoms with Gasteiger partial charge in [0.2, 0.25) is 0 Å². The van der Waals surface area contributed by atoms with Gasteiger partial charge in [-0.2, -0.15) is 10.2 Å². The van der Waals surface area contributed by atoms with Gasteiger partial charge in [-0.25, -0.2) is 0 Å². The molecule has 5 nitrogen and oxygen atoms in total.